The number of hydrogen-bond donors (Lipinski definition) is 5. The minimum absolute atomic E-state index is 0.0881. The van der Waals surface area contributed by atoms with Gasteiger partial charge in [0, 0.05) is 24.5 Å². The van der Waals surface area contributed by atoms with E-state index in [1.807, 2.05) is 26.0 Å². The number of nitrogen functional groups attached to an aromatic ring is 2. The second-order valence-electron chi connectivity index (χ2n) is 5.72. The van der Waals surface area contributed by atoms with Crippen LogP contribution in [-0.4, -0.2) is 28.5 Å². The zero-order chi connectivity index (χ0) is 18.4. The van der Waals surface area contributed by atoms with Crippen LogP contribution in [0.5, 0.6) is 0 Å². The fourth-order valence-corrected chi connectivity index (χ4v) is 2.10. The molecule has 7 N–H and O–H groups in total. The third-order valence-electron chi connectivity index (χ3n) is 3.22. The average molecular weight is 341 g/mol. The topological polar surface area (TPSA) is 131 Å². The molecule has 25 heavy (non-hydrogen) atoms. The molecule has 132 valence electrons. The Morgan fingerprint density at radius 2 is 2.12 bits per heavy atom. The standard InChI is InChI=1S/C17H23N7O/c1-4-7-20-16(25)12-9-21-17(24-15(12)19)23-11-5-6-14(13(18)8-11)22-10(2)3/h4-6,8-10,22H,1,7,18H2,2-3H3,(H,20,25)(H3,19,21,23,24). The molecule has 0 unspecified atom stereocenters. The van der Waals surface area contributed by atoms with Crippen LogP contribution in [0.2, 0.25) is 0 Å². The highest BCUT2D eigenvalue weighted by atomic mass is 16.1. The second-order valence-corrected chi connectivity index (χ2v) is 5.72. The van der Waals surface area contributed by atoms with Gasteiger partial charge in [-0.15, -0.1) is 6.58 Å². The summed E-state index contributed by atoms with van der Waals surface area (Å²) in [7, 11) is 0. The molecule has 0 aliphatic rings. The van der Waals surface area contributed by atoms with E-state index in [2.05, 4.69) is 32.5 Å². The molecule has 1 aromatic heterocycles. The van der Waals surface area contributed by atoms with Crippen LogP contribution in [0, 0.1) is 0 Å². The Labute approximate surface area is 146 Å². The fourth-order valence-electron chi connectivity index (χ4n) is 2.10. The van der Waals surface area contributed by atoms with Crippen molar-refractivity contribution in [1.29, 1.82) is 0 Å². The minimum Gasteiger partial charge on any atom is -0.397 e. The summed E-state index contributed by atoms with van der Waals surface area (Å²) in [6.45, 7) is 7.95. The van der Waals surface area contributed by atoms with E-state index >= 15 is 0 Å². The van der Waals surface area contributed by atoms with Crippen molar-refractivity contribution in [1.82, 2.24) is 15.3 Å². The summed E-state index contributed by atoms with van der Waals surface area (Å²) in [5.74, 6) is 0.0178. The van der Waals surface area contributed by atoms with Crippen molar-refractivity contribution in [2.75, 3.05) is 28.6 Å². The van der Waals surface area contributed by atoms with Crippen LogP contribution in [0.4, 0.5) is 28.8 Å². The lowest BCUT2D eigenvalue weighted by molar-refractivity contribution is 0.0958. The van der Waals surface area contributed by atoms with Gasteiger partial charge in [-0.1, -0.05) is 6.08 Å². The number of benzene rings is 1. The molecule has 1 aromatic carbocycles. The number of aromatic nitrogens is 2. The van der Waals surface area contributed by atoms with Crippen LogP contribution >= 0.6 is 0 Å². The van der Waals surface area contributed by atoms with Crippen molar-refractivity contribution in [3.05, 3.63) is 42.6 Å². The predicted molar refractivity (Wildman–Crippen MR) is 102 cm³/mol. The number of carbonyl (C=O) groups excluding carboxylic acids is 1. The van der Waals surface area contributed by atoms with E-state index in [0.717, 1.165) is 11.4 Å². The van der Waals surface area contributed by atoms with E-state index in [4.69, 9.17) is 11.5 Å². The molecule has 0 spiro atoms. The summed E-state index contributed by atoms with van der Waals surface area (Å²) >= 11 is 0. The average Bonchev–Trinajstić information content (AvgIpc) is 2.55. The normalized spacial score (nSPS) is 10.4. The van der Waals surface area contributed by atoms with Gasteiger partial charge in [0.05, 0.1) is 16.9 Å². The lowest BCUT2D eigenvalue weighted by atomic mass is 10.2. The minimum atomic E-state index is -0.350. The van der Waals surface area contributed by atoms with Crippen molar-refractivity contribution in [2.24, 2.45) is 0 Å². The lowest BCUT2D eigenvalue weighted by Crippen LogP contribution is -2.25. The number of hydrogen-bond acceptors (Lipinski definition) is 7. The van der Waals surface area contributed by atoms with E-state index in [9.17, 15) is 4.79 Å². The van der Waals surface area contributed by atoms with Crippen LogP contribution in [0.3, 0.4) is 0 Å². The van der Waals surface area contributed by atoms with Gasteiger partial charge in [0.15, 0.2) is 0 Å². The van der Waals surface area contributed by atoms with Gasteiger partial charge in [-0.3, -0.25) is 4.79 Å². The number of nitrogens with one attached hydrogen (secondary N) is 3. The van der Waals surface area contributed by atoms with Crippen LogP contribution in [0.15, 0.2) is 37.1 Å². The molecule has 1 heterocycles. The van der Waals surface area contributed by atoms with Gasteiger partial charge in [0.2, 0.25) is 5.95 Å². The summed E-state index contributed by atoms with van der Waals surface area (Å²) in [6.07, 6.45) is 2.95. The Morgan fingerprint density at radius 1 is 1.36 bits per heavy atom. The van der Waals surface area contributed by atoms with Gasteiger partial charge in [-0.2, -0.15) is 4.98 Å². The van der Waals surface area contributed by atoms with Gasteiger partial charge in [0.25, 0.3) is 5.91 Å². The van der Waals surface area contributed by atoms with Gasteiger partial charge >= 0.3 is 0 Å². The number of carbonyl (C=O) groups is 1. The highest BCUT2D eigenvalue weighted by molar-refractivity contribution is 5.98. The number of anilines is 5. The van der Waals surface area contributed by atoms with Crippen LogP contribution in [0.1, 0.15) is 24.2 Å². The number of nitrogens with zero attached hydrogens (tertiary/aromatic N) is 2. The van der Waals surface area contributed by atoms with Crippen molar-refractivity contribution >= 4 is 34.7 Å². The zero-order valence-electron chi connectivity index (χ0n) is 14.3. The second kappa shape index (κ2) is 8.00. The monoisotopic (exact) mass is 341 g/mol. The Balaban J connectivity index is 2.13. The fraction of sp³-hybridized carbons (Fsp3) is 0.235. The van der Waals surface area contributed by atoms with E-state index < -0.39 is 0 Å². The Morgan fingerprint density at radius 3 is 2.72 bits per heavy atom. The van der Waals surface area contributed by atoms with Crippen molar-refractivity contribution < 1.29 is 4.79 Å². The molecular formula is C17H23N7O. The van der Waals surface area contributed by atoms with E-state index in [1.54, 1.807) is 12.1 Å². The summed E-state index contributed by atoms with van der Waals surface area (Å²) in [4.78, 5) is 20.1. The summed E-state index contributed by atoms with van der Waals surface area (Å²) < 4.78 is 0. The lowest BCUT2D eigenvalue weighted by Gasteiger charge is -2.14. The summed E-state index contributed by atoms with van der Waals surface area (Å²) in [5, 5.41) is 8.90. The first-order valence-corrected chi connectivity index (χ1v) is 7.85. The third kappa shape index (κ3) is 4.84. The molecule has 2 aromatic rings. The Kier molecular flexibility index (Phi) is 5.78. The van der Waals surface area contributed by atoms with Crippen LogP contribution in [0.25, 0.3) is 0 Å². The molecule has 0 aliphatic heterocycles. The van der Waals surface area contributed by atoms with E-state index in [1.165, 1.54) is 6.20 Å². The van der Waals surface area contributed by atoms with Crippen LogP contribution < -0.4 is 27.4 Å². The first-order valence-electron chi connectivity index (χ1n) is 7.85. The molecule has 0 bridgehead atoms. The van der Waals surface area contributed by atoms with Crippen LogP contribution in [-0.2, 0) is 0 Å². The number of rotatable bonds is 7. The summed E-state index contributed by atoms with van der Waals surface area (Å²) in [6, 6.07) is 5.78. The Hall–Kier alpha value is -3.29. The maximum absolute atomic E-state index is 11.9. The molecule has 0 aliphatic carbocycles. The zero-order valence-corrected chi connectivity index (χ0v) is 14.3. The Bertz CT molecular complexity index is 774. The molecule has 8 nitrogen and oxygen atoms in total. The quantitative estimate of drug-likeness (QED) is 0.385. The molecule has 1 amide bonds. The number of nitrogens with two attached hydrogens (primary N) is 2. The van der Waals surface area contributed by atoms with Crippen molar-refractivity contribution in [2.45, 2.75) is 19.9 Å². The molecule has 0 fully saturated rings. The first kappa shape index (κ1) is 18.1. The smallest absolute Gasteiger partial charge is 0.256 e. The van der Waals surface area contributed by atoms with Gasteiger partial charge in [-0.25, -0.2) is 4.98 Å². The largest absolute Gasteiger partial charge is 0.397 e. The molecule has 0 saturated heterocycles. The molecule has 0 saturated carbocycles. The number of amides is 1. The highest BCUT2D eigenvalue weighted by Crippen LogP contribution is 2.25. The molecule has 0 atom stereocenters. The maximum atomic E-state index is 11.9. The maximum Gasteiger partial charge on any atom is 0.256 e. The van der Waals surface area contributed by atoms with E-state index in [-0.39, 0.29) is 29.3 Å². The highest BCUT2D eigenvalue weighted by Gasteiger charge is 2.12. The van der Waals surface area contributed by atoms with Crippen molar-refractivity contribution in [3.63, 3.8) is 0 Å². The van der Waals surface area contributed by atoms with Gasteiger partial charge in [0.1, 0.15) is 5.82 Å². The van der Waals surface area contributed by atoms with Crippen molar-refractivity contribution in [3.8, 4) is 0 Å². The SMILES string of the molecule is C=CCNC(=O)c1cnc(Nc2ccc(NC(C)C)c(N)c2)nc1N. The molecular weight excluding hydrogens is 318 g/mol. The summed E-state index contributed by atoms with van der Waals surface area (Å²) in [5.41, 5.74) is 14.3. The molecule has 0 radical (unpaired) electrons. The van der Waals surface area contributed by atoms with Gasteiger partial charge < -0.3 is 27.4 Å². The van der Waals surface area contributed by atoms with E-state index in [0.29, 0.717) is 12.2 Å². The molecule has 2 rings (SSSR count). The third-order valence-corrected chi connectivity index (χ3v) is 3.22. The van der Waals surface area contributed by atoms with Gasteiger partial charge in [-0.05, 0) is 32.0 Å². The first-order chi connectivity index (χ1) is 11.9. The predicted octanol–water partition coefficient (Wildman–Crippen LogP) is 2.12. The molecule has 8 heteroatoms.